The maximum absolute atomic E-state index is 8.35. The number of hydrogen-bond donors (Lipinski definition) is 5. The van der Waals surface area contributed by atoms with Crippen LogP contribution in [0.25, 0.3) is 0 Å². The zero-order valence-corrected chi connectivity index (χ0v) is 7.61. The Balaban J connectivity index is -0.000000245. The summed E-state index contributed by atoms with van der Waals surface area (Å²) in [6.07, 6.45) is 0. The van der Waals surface area contributed by atoms with Gasteiger partial charge < -0.3 is 27.2 Å². The Morgan fingerprint density at radius 3 is 1.90 bits per heavy atom. The van der Waals surface area contributed by atoms with E-state index in [1.165, 1.54) is 0 Å². The van der Waals surface area contributed by atoms with Crippen LogP contribution in [0.2, 0.25) is 0 Å². The first kappa shape index (κ1) is 16.9. The van der Waals surface area contributed by atoms with Crippen molar-refractivity contribution in [3.05, 3.63) is 0 Å². The molecule has 10 heavy (non-hydrogen) atoms. The molecule has 9 N–H and O–H groups in total. The molecular weight excluding hydrogens is 175 g/mol. The van der Waals surface area contributed by atoms with Crippen LogP contribution in [0, 0.1) is 0 Å². The normalized spacial score (nSPS) is 11.7. The zero-order valence-electron chi connectivity index (χ0n) is 5.90. The molecule has 1 unspecified atom stereocenters. The van der Waals surface area contributed by atoms with E-state index in [2.05, 4.69) is 0 Å². The molecule has 0 spiro atoms. The summed E-state index contributed by atoms with van der Waals surface area (Å²) < 4.78 is 0. The SMILES string of the molecule is CC(CO)SP(O)O.N.N. The van der Waals surface area contributed by atoms with Crippen LogP contribution in [0.1, 0.15) is 6.92 Å². The van der Waals surface area contributed by atoms with Crippen molar-refractivity contribution in [2.45, 2.75) is 12.2 Å². The molecule has 0 aromatic rings. The van der Waals surface area contributed by atoms with E-state index in [9.17, 15) is 0 Å². The first-order chi connectivity index (χ1) is 3.66. The van der Waals surface area contributed by atoms with Crippen LogP contribution < -0.4 is 12.3 Å². The minimum atomic E-state index is -1.89. The molecule has 0 aromatic carbocycles. The molecule has 0 saturated heterocycles. The van der Waals surface area contributed by atoms with E-state index in [-0.39, 0.29) is 24.2 Å². The quantitative estimate of drug-likeness (QED) is 0.415. The van der Waals surface area contributed by atoms with Crippen LogP contribution in [0.5, 0.6) is 0 Å². The Kier molecular flexibility index (Phi) is 16.2. The maximum Gasteiger partial charge on any atom is 0.232 e. The average molecular weight is 190 g/mol. The predicted octanol–water partition coefficient (Wildman–Crippen LogP) is 0.636. The highest BCUT2D eigenvalue weighted by Gasteiger charge is 2.05. The number of aliphatic hydroxyl groups excluding tert-OH is 1. The van der Waals surface area contributed by atoms with Gasteiger partial charge in [-0.3, -0.25) is 0 Å². The molecule has 0 aliphatic rings. The van der Waals surface area contributed by atoms with Gasteiger partial charge in [-0.2, -0.15) is 0 Å². The number of rotatable bonds is 3. The van der Waals surface area contributed by atoms with Gasteiger partial charge in [-0.15, -0.1) is 0 Å². The number of hydrogen-bond acceptors (Lipinski definition) is 6. The highest BCUT2D eigenvalue weighted by atomic mass is 32.7. The summed E-state index contributed by atoms with van der Waals surface area (Å²) in [5.41, 5.74) is 0. The van der Waals surface area contributed by atoms with Gasteiger partial charge in [0.2, 0.25) is 7.58 Å². The molecule has 0 aliphatic heterocycles. The van der Waals surface area contributed by atoms with Crippen LogP contribution in [-0.2, 0) is 0 Å². The largest absolute Gasteiger partial charge is 0.395 e. The molecule has 0 rings (SSSR count). The summed E-state index contributed by atoms with van der Waals surface area (Å²) in [6.45, 7) is 1.72. The fourth-order valence-electron chi connectivity index (χ4n) is 0.194. The second-order valence-electron chi connectivity index (χ2n) is 1.35. The van der Waals surface area contributed by atoms with Crippen molar-refractivity contribution in [3.8, 4) is 0 Å². The average Bonchev–Trinajstić information content (AvgIpc) is 1.65. The molecule has 7 heteroatoms. The Hall–Kier alpha value is 0.580. The lowest BCUT2D eigenvalue weighted by Crippen LogP contribution is -1.99. The van der Waals surface area contributed by atoms with Gasteiger partial charge in [0.1, 0.15) is 0 Å². The Bertz CT molecular complexity index is 67.7. The first-order valence-corrected chi connectivity index (χ1v) is 4.85. The maximum atomic E-state index is 8.35. The van der Waals surface area contributed by atoms with Gasteiger partial charge >= 0.3 is 0 Å². The third-order valence-corrected chi connectivity index (χ3v) is 2.87. The van der Waals surface area contributed by atoms with Gasteiger partial charge in [0, 0.05) is 5.25 Å². The summed E-state index contributed by atoms with van der Waals surface area (Å²) in [5, 5.41) is 8.28. The van der Waals surface area contributed by atoms with Gasteiger partial charge in [-0.1, -0.05) is 18.3 Å². The van der Waals surface area contributed by atoms with E-state index in [1.807, 2.05) is 0 Å². The summed E-state index contributed by atoms with van der Waals surface area (Å²) >= 11 is 0.980. The monoisotopic (exact) mass is 190 g/mol. The molecule has 0 amide bonds. The summed E-state index contributed by atoms with van der Waals surface area (Å²) in [6, 6.07) is 0. The zero-order chi connectivity index (χ0) is 6.57. The van der Waals surface area contributed by atoms with Gasteiger partial charge in [0.25, 0.3) is 0 Å². The fraction of sp³-hybridized carbons (Fsp3) is 1.00. The summed E-state index contributed by atoms with van der Waals surface area (Å²) in [7, 11) is -1.89. The van der Waals surface area contributed by atoms with Crippen LogP contribution in [0.15, 0.2) is 0 Å². The predicted molar refractivity (Wildman–Crippen MR) is 45.5 cm³/mol. The molecule has 0 bridgehead atoms. The van der Waals surface area contributed by atoms with Crippen molar-refractivity contribution < 1.29 is 14.9 Å². The molecule has 0 aromatic heterocycles. The van der Waals surface area contributed by atoms with Crippen LogP contribution in [-0.4, -0.2) is 26.8 Å². The van der Waals surface area contributed by atoms with Gasteiger partial charge in [-0.25, -0.2) is 0 Å². The lowest BCUT2D eigenvalue weighted by molar-refractivity contribution is 0.300. The van der Waals surface area contributed by atoms with Crippen molar-refractivity contribution in [3.63, 3.8) is 0 Å². The molecule has 0 heterocycles. The molecule has 0 saturated carbocycles. The van der Waals surface area contributed by atoms with E-state index in [4.69, 9.17) is 14.9 Å². The van der Waals surface area contributed by atoms with E-state index >= 15 is 0 Å². The molecule has 0 radical (unpaired) electrons. The molecule has 0 fully saturated rings. The highest BCUT2D eigenvalue weighted by Crippen LogP contribution is 2.43. The second-order valence-corrected chi connectivity index (χ2v) is 4.48. The van der Waals surface area contributed by atoms with Gasteiger partial charge in [0.05, 0.1) is 6.61 Å². The fourth-order valence-corrected chi connectivity index (χ4v) is 1.75. The Morgan fingerprint density at radius 1 is 1.40 bits per heavy atom. The van der Waals surface area contributed by atoms with Crippen molar-refractivity contribution in [1.29, 1.82) is 0 Å². The minimum absolute atomic E-state index is 0. The van der Waals surface area contributed by atoms with E-state index in [0.29, 0.717) is 0 Å². The third kappa shape index (κ3) is 11.4. The van der Waals surface area contributed by atoms with Gasteiger partial charge in [-0.05, 0) is 0 Å². The highest BCUT2D eigenvalue weighted by molar-refractivity contribution is 8.52. The standard InChI is InChI=1S/C3H9O3PS.2H3N/c1-3(2-4)8-7(5)6;;/h3-6H,2H2,1H3;2*1H3. The molecule has 66 valence electrons. The van der Waals surface area contributed by atoms with E-state index in [1.54, 1.807) is 6.92 Å². The minimum Gasteiger partial charge on any atom is -0.395 e. The molecular formula is C3H15N2O3PS. The second kappa shape index (κ2) is 9.58. The first-order valence-electron chi connectivity index (χ1n) is 2.12. The molecule has 5 nitrogen and oxygen atoms in total. The molecule has 0 aliphatic carbocycles. The van der Waals surface area contributed by atoms with Crippen molar-refractivity contribution >= 4 is 19.0 Å². The van der Waals surface area contributed by atoms with Crippen molar-refractivity contribution in [2.24, 2.45) is 0 Å². The Labute approximate surface area is 65.7 Å². The Morgan fingerprint density at radius 2 is 1.80 bits per heavy atom. The van der Waals surface area contributed by atoms with Crippen molar-refractivity contribution in [2.75, 3.05) is 6.61 Å². The topological polar surface area (TPSA) is 131 Å². The van der Waals surface area contributed by atoms with Gasteiger partial charge in [0.15, 0.2) is 0 Å². The summed E-state index contributed by atoms with van der Waals surface area (Å²) in [5.74, 6) is 0. The molecule has 1 atom stereocenters. The van der Waals surface area contributed by atoms with Crippen LogP contribution in [0.4, 0.5) is 0 Å². The summed E-state index contributed by atoms with van der Waals surface area (Å²) in [4.78, 5) is 16.7. The smallest absolute Gasteiger partial charge is 0.232 e. The van der Waals surface area contributed by atoms with Crippen molar-refractivity contribution in [1.82, 2.24) is 12.3 Å². The third-order valence-electron chi connectivity index (χ3n) is 0.531. The lowest BCUT2D eigenvalue weighted by Gasteiger charge is -2.05. The van der Waals surface area contributed by atoms with Crippen LogP contribution >= 0.6 is 19.0 Å². The van der Waals surface area contributed by atoms with Crippen LogP contribution in [0.3, 0.4) is 0 Å². The number of aliphatic hydroxyl groups is 1. The lowest BCUT2D eigenvalue weighted by atomic mass is 10.5. The van der Waals surface area contributed by atoms with E-state index < -0.39 is 7.58 Å². The van der Waals surface area contributed by atoms with E-state index in [0.717, 1.165) is 11.4 Å².